The van der Waals surface area contributed by atoms with Crippen LogP contribution in [0.25, 0.3) is 0 Å². The molecule has 1 aromatic heterocycles. The average Bonchev–Trinajstić information content (AvgIpc) is 2.15. The number of aromatic nitrogens is 1. The molecule has 0 aliphatic rings. The van der Waals surface area contributed by atoms with Crippen molar-refractivity contribution in [2.45, 2.75) is 18.4 Å². The fraction of sp³-hybridized carbons (Fsp3) is 0.333. The zero-order valence-electron chi connectivity index (χ0n) is 7.98. The molecule has 1 rings (SSSR count). The quantitative estimate of drug-likeness (QED) is 0.727. The largest absolute Gasteiger partial charge is 0.240 e. The first-order valence-electron chi connectivity index (χ1n) is 4.09. The summed E-state index contributed by atoms with van der Waals surface area (Å²) in [5, 5.41) is 8.57. The number of sulfone groups is 1. The molecular formula is C9H10N2O2S. The summed E-state index contributed by atoms with van der Waals surface area (Å²) in [7, 11) is -3.41. The minimum Gasteiger partial charge on any atom is -0.240 e. The van der Waals surface area contributed by atoms with E-state index in [-0.39, 0.29) is 10.6 Å². The molecule has 0 fully saturated rings. The Kier molecular flexibility index (Phi) is 2.87. The number of hydrogen-bond acceptors (Lipinski definition) is 4. The lowest BCUT2D eigenvalue weighted by molar-refractivity contribution is 0.597. The maximum Gasteiger partial charge on any atom is 0.194 e. The van der Waals surface area contributed by atoms with Crippen molar-refractivity contribution in [3.05, 3.63) is 23.4 Å². The van der Waals surface area contributed by atoms with E-state index in [0.29, 0.717) is 12.1 Å². The minimum absolute atomic E-state index is 0.102. The summed E-state index contributed by atoms with van der Waals surface area (Å²) in [6.45, 7) is 1.88. The number of aryl methyl sites for hydroxylation is 1. The summed E-state index contributed by atoms with van der Waals surface area (Å²) in [5.74, 6) is 0. The van der Waals surface area contributed by atoms with Gasteiger partial charge in [0.25, 0.3) is 0 Å². The monoisotopic (exact) mass is 210 g/mol. The van der Waals surface area contributed by atoms with Crippen molar-refractivity contribution in [1.29, 1.82) is 5.26 Å². The second kappa shape index (κ2) is 3.76. The lowest BCUT2D eigenvalue weighted by Gasteiger charge is -2.02. The van der Waals surface area contributed by atoms with E-state index in [1.165, 1.54) is 6.07 Å². The van der Waals surface area contributed by atoms with Crippen LogP contribution in [0.4, 0.5) is 0 Å². The van der Waals surface area contributed by atoms with Crippen molar-refractivity contribution in [2.24, 2.45) is 0 Å². The Morgan fingerprint density at radius 1 is 1.50 bits per heavy atom. The van der Waals surface area contributed by atoms with Gasteiger partial charge in [-0.15, -0.1) is 0 Å². The highest BCUT2D eigenvalue weighted by atomic mass is 32.2. The number of rotatable bonds is 2. The van der Waals surface area contributed by atoms with E-state index in [4.69, 9.17) is 5.26 Å². The summed E-state index contributed by atoms with van der Waals surface area (Å²) < 4.78 is 22.5. The zero-order chi connectivity index (χ0) is 10.8. The number of hydrogen-bond donors (Lipinski definition) is 0. The normalized spacial score (nSPS) is 10.9. The third-order valence-corrected chi connectivity index (χ3v) is 2.77. The SMILES string of the molecule is CCc1ccc(C#N)c(S(C)(=O)=O)n1. The molecule has 74 valence electrons. The van der Waals surface area contributed by atoms with E-state index in [9.17, 15) is 8.42 Å². The van der Waals surface area contributed by atoms with Gasteiger partial charge < -0.3 is 0 Å². The molecule has 14 heavy (non-hydrogen) atoms. The third-order valence-electron chi connectivity index (χ3n) is 1.75. The van der Waals surface area contributed by atoms with Crippen LogP contribution in [0.5, 0.6) is 0 Å². The molecule has 0 bridgehead atoms. The Morgan fingerprint density at radius 3 is 2.57 bits per heavy atom. The van der Waals surface area contributed by atoms with Gasteiger partial charge in [0.15, 0.2) is 14.9 Å². The van der Waals surface area contributed by atoms with Crippen LogP contribution in [-0.4, -0.2) is 19.7 Å². The van der Waals surface area contributed by atoms with Crippen LogP contribution in [0, 0.1) is 11.3 Å². The second-order valence-corrected chi connectivity index (χ2v) is 4.82. The molecule has 0 aromatic carbocycles. The molecular weight excluding hydrogens is 200 g/mol. The lowest BCUT2D eigenvalue weighted by atomic mass is 10.2. The standard InChI is InChI=1S/C9H10N2O2S/c1-3-8-5-4-7(6-10)9(11-8)14(2,12)13/h4-5H,3H2,1-2H3. The van der Waals surface area contributed by atoms with Gasteiger partial charge in [-0.2, -0.15) is 5.26 Å². The zero-order valence-corrected chi connectivity index (χ0v) is 8.80. The maximum absolute atomic E-state index is 11.3. The van der Waals surface area contributed by atoms with Crippen LogP contribution in [0.1, 0.15) is 18.2 Å². The smallest absolute Gasteiger partial charge is 0.194 e. The molecule has 0 unspecified atom stereocenters. The van der Waals surface area contributed by atoms with Crippen LogP contribution in [0.15, 0.2) is 17.2 Å². The average molecular weight is 210 g/mol. The Hall–Kier alpha value is -1.41. The molecule has 0 aliphatic heterocycles. The molecule has 0 atom stereocenters. The lowest BCUT2D eigenvalue weighted by Crippen LogP contribution is -2.05. The Labute approximate surface area is 83.1 Å². The summed E-state index contributed by atoms with van der Waals surface area (Å²) in [5.41, 5.74) is 0.772. The van der Waals surface area contributed by atoms with E-state index in [2.05, 4.69) is 4.98 Å². The highest BCUT2D eigenvalue weighted by Gasteiger charge is 2.15. The Bertz CT molecular complexity index is 486. The van der Waals surface area contributed by atoms with Crippen molar-refractivity contribution < 1.29 is 8.42 Å². The van der Waals surface area contributed by atoms with E-state index in [1.54, 1.807) is 6.07 Å². The molecule has 0 saturated carbocycles. The highest BCUT2D eigenvalue weighted by molar-refractivity contribution is 7.90. The fourth-order valence-corrected chi connectivity index (χ4v) is 1.84. The van der Waals surface area contributed by atoms with Crippen LogP contribution in [0.2, 0.25) is 0 Å². The molecule has 0 aliphatic carbocycles. The molecule has 0 radical (unpaired) electrons. The first-order chi connectivity index (χ1) is 6.49. The van der Waals surface area contributed by atoms with Gasteiger partial charge in [-0.05, 0) is 18.6 Å². The fourth-order valence-electron chi connectivity index (χ4n) is 1.04. The predicted molar refractivity (Wildman–Crippen MR) is 51.4 cm³/mol. The van der Waals surface area contributed by atoms with Crippen LogP contribution < -0.4 is 0 Å². The Balaban J connectivity index is 3.47. The summed E-state index contributed by atoms with van der Waals surface area (Å²) >= 11 is 0. The van der Waals surface area contributed by atoms with Crippen molar-refractivity contribution in [3.63, 3.8) is 0 Å². The van der Waals surface area contributed by atoms with E-state index in [0.717, 1.165) is 6.26 Å². The molecule has 0 N–H and O–H groups in total. The van der Waals surface area contributed by atoms with Gasteiger partial charge in [-0.3, -0.25) is 0 Å². The third kappa shape index (κ3) is 2.09. The van der Waals surface area contributed by atoms with Gasteiger partial charge in [0.1, 0.15) is 6.07 Å². The van der Waals surface area contributed by atoms with Crippen LogP contribution >= 0.6 is 0 Å². The van der Waals surface area contributed by atoms with Crippen molar-refractivity contribution in [2.75, 3.05) is 6.26 Å². The van der Waals surface area contributed by atoms with Crippen molar-refractivity contribution in [3.8, 4) is 6.07 Å². The molecule has 0 spiro atoms. The molecule has 4 nitrogen and oxygen atoms in total. The Morgan fingerprint density at radius 2 is 2.14 bits per heavy atom. The number of nitriles is 1. The molecule has 1 aromatic rings. The first kappa shape index (κ1) is 10.7. The van der Waals surface area contributed by atoms with Gasteiger partial charge >= 0.3 is 0 Å². The van der Waals surface area contributed by atoms with Gasteiger partial charge in [0.2, 0.25) is 0 Å². The van der Waals surface area contributed by atoms with Gasteiger partial charge in [-0.1, -0.05) is 6.92 Å². The predicted octanol–water partition coefficient (Wildman–Crippen LogP) is 0.919. The van der Waals surface area contributed by atoms with Gasteiger partial charge in [-0.25, -0.2) is 13.4 Å². The summed E-state index contributed by atoms with van der Waals surface area (Å²) in [4.78, 5) is 3.92. The van der Waals surface area contributed by atoms with E-state index >= 15 is 0 Å². The molecule has 1 heterocycles. The molecule has 0 amide bonds. The highest BCUT2D eigenvalue weighted by Crippen LogP contribution is 2.13. The minimum atomic E-state index is -3.41. The topological polar surface area (TPSA) is 70.8 Å². The first-order valence-corrected chi connectivity index (χ1v) is 5.98. The van der Waals surface area contributed by atoms with Gasteiger partial charge in [0.05, 0.1) is 5.56 Å². The van der Waals surface area contributed by atoms with Crippen LogP contribution in [0.3, 0.4) is 0 Å². The van der Waals surface area contributed by atoms with Gasteiger partial charge in [0, 0.05) is 11.9 Å². The van der Waals surface area contributed by atoms with E-state index in [1.807, 2.05) is 13.0 Å². The van der Waals surface area contributed by atoms with Crippen molar-refractivity contribution in [1.82, 2.24) is 4.98 Å². The van der Waals surface area contributed by atoms with Crippen LogP contribution in [-0.2, 0) is 16.3 Å². The maximum atomic E-state index is 11.3. The summed E-state index contributed by atoms with van der Waals surface area (Å²) in [6.07, 6.45) is 1.70. The summed E-state index contributed by atoms with van der Waals surface area (Å²) in [6, 6.07) is 4.96. The number of nitrogens with zero attached hydrogens (tertiary/aromatic N) is 2. The second-order valence-electron chi connectivity index (χ2n) is 2.89. The molecule has 0 saturated heterocycles. The van der Waals surface area contributed by atoms with E-state index < -0.39 is 9.84 Å². The molecule has 5 heteroatoms. The van der Waals surface area contributed by atoms with Crippen molar-refractivity contribution >= 4 is 9.84 Å². The number of pyridine rings is 1.